The molecule has 0 fully saturated rings. The van der Waals surface area contributed by atoms with Gasteiger partial charge in [-0.15, -0.1) is 0 Å². The Bertz CT molecular complexity index is 75.7. The molecule has 0 atom stereocenters. The van der Waals surface area contributed by atoms with Gasteiger partial charge >= 0.3 is 18.5 Å². The van der Waals surface area contributed by atoms with Crippen LogP contribution < -0.4 is 0 Å². The summed E-state index contributed by atoms with van der Waals surface area (Å²) in [5, 5.41) is 0. The Labute approximate surface area is 53.2 Å². The lowest BCUT2D eigenvalue weighted by molar-refractivity contribution is 0.330. The second-order valence-electron chi connectivity index (χ2n) is 0.366. The molecule has 0 unspecified atom stereocenters. The lowest BCUT2D eigenvalue weighted by atomic mass is 15.8. The van der Waals surface area contributed by atoms with Gasteiger partial charge in [0.2, 0.25) is 0 Å². The summed E-state index contributed by atoms with van der Waals surface area (Å²) in [4.78, 5) is 14.3. The van der Waals surface area contributed by atoms with E-state index in [0.717, 1.165) is 0 Å². The number of rotatable bonds is 0. The first-order valence-corrected chi connectivity index (χ1v) is 3.18. The van der Waals surface area contributed by atoms with Crippen molar-refractivity contribution in [3.05, 3.63) is 0 Å². The minimum absolute atomic E-state index is 0. The zero-order valence-corrected chi connectivity index (χ0v) is 6.62. The summed E-state index contributed by atoms with van der Waals surface area (Å²) in [7, 11) is -4.55. The summed E-state index contributed by atoms with van der Waals surface area (Å²) >= 11 is 0. The molecular weight excluding hydrogens is 164 g/mol. The fourth-order valence-electron chi connectivity index (χ4n) is 0. The van der Waals surface area contributed by atoms with Crippen LogP contribution in [0.5, 0.6) is 0 Å². The summed E-state index contributed by atoms with van der Waals surface area (Å²) in [5.41, 5.74) is 0. The van der Waals surface area contributed by atoms with Crippen molar-refractivity contribution in [2.45, 2.75) is 0 Å². The average molecular weight is 166 g/mol. The van der Waals surface area contributed by atoms with Gasteiger partial charge in [0.1, 0.15) is 0 Å². The van der Waals surface area contributed by atoms with E-state index in [4.69, 9.17) is 23.0 Å². The predicted molar refractivity (Wildman–Crippen MR) is 23.8 cm³/mol. The van der Waals surface area contributed by atoms with E-state index in [1.54, 1.807) is 0 Å². The highest BCUT2D eigenvalue weighted by Gasteiger charge is 1.85. The van der Waals surface area contributed by atoms with Crippen LogP contribution in [0.3, 0.4) is 0 Å². The molecule has 0 heterocycles. The molecule has 0 aromatic carbocycles. The van der Waals surface area contributed by atoms with E-state index in [-0.39, 0.29) is 11.0 Å². The van der Waals surface area contributed by atoms with Crippen molar-refractivity contribution in [1.82, 2.24) is 0 Å². The highest BCUT2D eigenvalue weighted by Crippen LogP contribution is 1.27. The van der Waals surface area contributed by atoms with Gasteiger partial charge in [0.15, 0.2) is 0 Å². The monoisotopic (exact) mass is 166 g/mol. The molecule has 0 rings (SSSR count). The van der Waals surface area contributed by atoms with Crippen LogP contribution in [0, 0.1) is 0 Å². The van der Waals surface area contributed by atoms with E-state index in [1.807, 2.05) is 0 Å². The maximum atomic E-state index is 8.74. The zero-order chi connectivity index (χ0) is 6.28. The van der Waals surface area contributed by atoms with Gasteiger partial charge < -0.3 is 9.59 Å². The van der Waals surface area contributed by atoms with Crippen molar-refractivity contribution in [3.8, 4) is 0 Å². The maximum Gasteiger partial charge on any atom is 0.761 e. The molecule has 5 nitrogen and oxygen atoms in total. The molecule has 8 heavy (non-hydrogen) atoms. The second kappa shape index (κ2) is 15.9. The summed E-state index contributed by atoms with van der Waals surface area (Å²) in [6, 6.07) is 0. The largest absolute Gasteiger partial charge is 0.761 e. The van der Waals surface area contributed by atoms with Crippen molar-refractivity contribution in [3.63, 3.8) is 0 Å². The van der Waals surface area contributed by atoms with Gasteiger partial charge in [0, 0.05) is 11.0 Å². The Morgan fingerprint density at radius 3 is 1.25 bits per heavy atom. The van der Waals surface area contributed by atoms with Crippen molar-refractivity contribution in [2.24, 2.45) is 0 Å². The fourth-order valence-corrected chi connectivity index (χ4v) is 0. The van der Waals surface area contributed by atoms with E-state index in [0.29, 0.717) is 0 Å². The van der Waals surface area contributed by atoms with Crippen molar-refractivity contribution >= 4 is 29.4 Å². The summed E-state index contributed by atoms with van der Waals surface area (Å²) < 4.78 is 25.5. The number of hydrogen-bond acceptors (Lipinski definition) is 3. The van der Waals surface area contributed by atoms with E-state index in [9.17, 15) is 0 Å². The Hall–Kier alpha value is -0.349. The summed E-state index contributed by atoms with van der Waals surface area (Å²) in [5.74, 6) is 0. The van der Waals surface area contributed by atoms with Crippen LogP contribution in [0.1, 0.15) is 0 Å². The normalized spacial score (nSPS) is 4.00. The minimum Gasteiger partial charge on any atom is -0.511 e. The van der Waals surface area contributed by atoms with Crippen LogP contribution in [0.15, 0.2) is 0 Å². The molecule has 0 aromatic heterocycles. The van der Waals surface area contributed by atoms with Gasteiger partial charge in [0.05, 0.1) is 0 Å². The van der Waals surface area contributed by atoms with Gasteiger partial charge in [-0.05, 0) is 0 Å². The Morgan fingerprint density at radius 2 is 1.25 bits per heavy atom. The maximum absolute atomic E-state index is 8.74. The first-order chi connectivity index (χ1) is 3.15. The smallest absolute Gasteiger partial charge is 0.511 e. The molecule has 8 heteroatoms. The first kappa shape index (κ1) is 15.6. The summed E-state index contributed by atoms with van der Waals surface area (Å²) in [6.45, 7) is 0. The van der Waals surface area contributed by atoms with Crippen molar-refractivity contribution in [2.75, 3.05) is 0 Å². The van der Waals surface area contributed by atoms with E-state index in [2.05, 4.69) is 0 Å². The SMILES string of the molecule is O=[Si](O)O.O=[Si]=O.[Si]. The van der Waals surface area contributed by atoms with Crippen LogP contribution >= 0.6 is 0 Å². The van der Waals surface area contributed by atoms with Crippen LogP contribution in [0.2, 0.25) is 0 Å². The predicted octanol–water partition coefficient (Wildman–Crippen LogP) is -2.61. The van der Waals surface area contributed by atoms with Gasteiger partial charge in [-0.25, -0.2) is 0 Å². The lowest BCUT2D eigenvalue weighted by Gasteiger charge is -1.55. The van der Waals surface area contributed by atoms with E-state index < -0.39 is 18.5 Å². The van der Waals surface area contributed by atoms with Crippen LogP contribution in [0.25, 0.3) is 0 Å². The number of hydrogen-bond donors (Lipinski definition) is 2. The van der Waals surface area contributed by atoms with Gasteiger partial charge in [-0.3, -0.25) is 13.4 Å². The molecule has 44 valence electrons. The lowest BCUT2D eigenvalue weighted by Crippen LogP contribution is -1.90. The molecule has 0 spiro atoms. The third kappa shape index (κ3) is 1000. The average Bonchev–Trinajstić information content (AvgIpc) is 1.33. The standard InChI is InChI=1S/H2O3Si.O2Si.Si/c1-4(2)3;1-3-2;/h1-2H;;. The summed E-state index contributed by atoms with van der Waals surface area (Å²) in [6.07, 6.45) is 0. The van der Waals surface area contributed by atoms with Crippen molar-refractivity contribution < 1.29 is 23.0 Å². The van der Waals surface area contributed by atoms with Crippen LogP contribution in [-0.2, 0) is 13.4 Å². The van der Waals surface area contributed by atoms with Gasteiger partial charge in [-0.2, -0.15) is 0 Å². The van der Waals surface area contributed by atoms with Crippen LogP contribution in [0.4, 0.5) is 0 Å². The van der Waals surface area contributed by atoms with E-state index in [1.165, 1.54) is 0 Å². The first-order valence-electron chi connectivity index (χ1n) is 1.06. The van der Waals surface area contributed by atoms with Crippen LogP contribution in [-0.4, -0.2) is 39.0 Å². The second-order valence-corrected chi connectivity index (χ2v) is 1.10. The zero-order valence-electron chi connectivity index (χ0n) is 3.62. The van der Waals surface area contributed by atoms with Gasteiger partial charge in [0.25, 0.3) is 0 Å². The quantitative estimate of drug-likeness (QED) is 0.385. The minimum atomic E-state index is -3.13. The Balaban J connectivity index is -0.0000000575. The van der Waals surface area contributed by atoms with E-state index >= 15 is 0 Å². The molecule has 4 radical (unpaired) electrons. The molecule has 0 aliphatic rings. The molecule has 2 N–H and O–H groups in total. The van der Waals surface area contributed by atoms with Gasteiger partial charge in [-0.1, -0.05) is 0 Å². The third-order valence-electron chi connectivity index (χ3n) is 0. The fraction of sp³-hybridized carbons (Fsp3) is 0. The molecule has 0 amide bonds. The third-order valence-corrected chi connectivity index (χ3v) is 0. The molecule has 0 aliphatic heterocycles. The molecular formula is H2O5Si3. The topological polar surface area (TPSA) is 91.7 Å². The highest BCUT2D eigenvalue weighted by atomic mass is 28.3. The molecule has 0 saturated heterocycles. The molecule has 0 bridgehead atoms. The molecule has 0 aromatic rings. The molecule has 0 aliphatic carbocycles. The Kier molecular flexibility index (Phi) is 31.2. The molecule has 0 saturated carbocycles. The van der Waals surface area contributed by atoms with Crippen molar-refractivity contribution in [1.29, 1.82) is 0 Å². The highest BCUT2D eigenvalue weighted by molar-refractivity contribution is 6.22. The Morgan fingerprint density at radius 1 is 1.25 bits per heavy atom.